The molecule has 0 aromatic carbocycles. The summed E-state index contributed by atoms with van der Waals surface area (Å²) in [5, 5.41) is 0. The second-order valence-electron chi connectivity index (χ2n) is 1.58. The fourth-order valence-electron chi connectivity index (χ4n) is 0.246. The van der Waals surface area contributed by atoms with Crippen LogP contribution in [0.3, 0.4) is 0 Å². The van der Waals surface area contributed by atoms with E-state index in [0.717, 1.165) is 0 Å². The van der Waals surface area contributed by atoms with Crippen molar-refractivity contribution < 1.29 is 9.59 Å². The topological polar surface area (TPSA) is 58.2 Å². The molecule has 0 rings (SSSR count). The number of carbonyl (C=O) groups excluding carboxylic acids is 2. The number of hydrazine groups is 1. The van der Waals surface area contributed by atoms with Gasteiger partial charge in [-0.15, -0.1) is 0 Å². The number of hydrogen-bond donors (Lipinski definition) is 2. The van der Waals surface area contributed by atoms with Crippen LogP contribution in [0, 0.1) is 0 Å². The van der Waals surface area contributed by atoms with Crippen molar-refractivity contribution in [3.8, 4) is 0 Å². The largest absolute Gasteiger partial charge is 0.274 e. The third kappa shape index (κ3) is 4.80. The van der Waals surface area contributed by atoms with Gasteiger partial charge < -0.3 is 0 Å². The Kier molecular flexibility index (Phi) is 3.43. The molecule has 0 heterocycles. The van der Waals surface area contributed by atoms with Crippen molar-refractivity contribution in [3.05, 3.63) is 0 Å². The average Bonchev–Trinajstić information content (AvgIpc) is 1.83. The second kappa shape index (κ2) is 3.88. The molecule has 2 N–H and O–H groups in total. The number of amides is 2. The molecule has 0 aromatic heterocycles. The fourth-order valence-corrected chi connectivity index (χ4v) is 0.246. The number of rotatable bonds is 1. The molecule has 0 atom stereocenters. The Morgan fingerprint density at radius 2 is 1.89 bits per heavy atom. The molecule has 0 saturated heterocycles. The molecule has 0 radical (unpaired) electrons. The molecule has 0 bridgehead atoms. The number of carbonyl (C=O) groups is 2. The standard InChI is InChI=1S/C5H10N2O2/c1-3-5(9)7-6-4(2)8/h3H2,1-2H3,(H,6,8)(H,7,9). The first-order chi connectivity index (χ1) is 4.16. The fraction of sp³-hybridized carbons (Fsp3) is 0.600. The van der Waals surface area contributed by atoms with Gasteiger partial charge in [0.25, 0.3) is 0 Å². The molecule has 2 amide bonds. The molecule has 0 saturated carbocycles. The van der Waals surface area contributed by atoms with E-state index in [-0.39, 0.29) is 11.8 Å². The van der Waals surface area contributed by atoms with E-state index in [1.165, 1.54) is 6.92 Å². The lowest BCUT2D eigenvalue weighted by Crippen LogP contribution is -2.39. The van der Waals surface area contributed by atoms with Crippen molar-refractivity contribution in [1.82, 2.24) is 10.9 Å². The molecule has 0 aliphatic carbocycles. The molecule has 0 fully saturated rings. The molecule has 0 aromatic rings. The zero-order chi connectivity index (χ0) is 7.28. The van der Waals surface area contributed by atoms with Crippen molar-refractivity contribution in [2.75, 3.05) is 0 Å². The van der Waals surface area contributed by atoms with Crippen LogP contribution < -0.4 is 10.9 Å². The Hall–Kier alpha value is -1.06. The summed E-state index contributed by atoms with van der Waals surface area (Å²) in [6.07, 6.45) is 0.375. The van der Waals surface area contributed by atoms with Gasteiger partial charge in [-0.1, -0.05) is 6.92 Å². The van der Waals surface area contributed by atoms with E-state index in [2.05, 4.69) is 10.9 Å². The summed E-state index contributed by atoms with van der Waals surface area (Å²) in [4.78, 5) is 20.5. The van der Waals surface area contributed by atoms with E-state index in [1.807, 2.05) is 0 Å². The van der Waals surface area contributed by atoms with Crippen LogP contribution >= 0.6 is 0 Å². The first-order valence-electron chi connectivity index (χ1n) is 2.72. The van der Waals surface area contributed by atoms with Crippen molar-refractivity contribution >= 4 is 11.8 Å². The minimum absolute atomic E-state index is 0.190. The van der Waals surface area contributed by atoms with Gasteiger partial charge in [0.05, 0.1) is 0 Å². The number of nitrogens with one attached hydrogen (secondary N) is 2. The molecule has 0 unspecified atom stereocenters. The highest BCUT2D eigenvalue weighted by Crippen LogP contribution is 1.69. The number of hydrogen-bond acceptors (Lipinski definition) is 2. The Labute approximate surface area is 53.6 Å². The lowest BCUT2D eigenvalue weighted by atomic mass is 10.5. The molecular formula is C5H10N2O2. The first-order valence-corrected chi connectivity index (χ1v) is 2.72. The van der Waals surface area contributed by atoms with Crippen molar-refractivity contribution in [2.45, 2.75) is 20.3 Å². The van der Waals surface area contributed by atoms with E-state index < -0.39 is 0 Å². The minimum Gasteiger partial charge on any atom is -0.274 e. The van der Waals surface area contributed by atoms with Gasteiger partial charge in [0, 0.05) is 13.3 Å². The highest BCUT2D eigenvalue weighted by atomic mass is 16.2. The van der Waals surface area contributed by atoms with E-state index >= 15 is 0 Å². The third-order valence-electron chi connectivity index (χ3n) is 0.699. The summed E-state index contributed by atoms with van der Waals surface area (Å²) in [5.74, 6) is -0.456. The first kappa shape index (κ1) is 7.94. The SMILES string of the molecule is CCC(=O)NNC(C)=O. The molecule has 52 valence electrons. The summed E-state index contributed by atoms with van der Waals surface area (Å²) >= 11 is 0. The van der Waals surface area contributed by atoms with Crippen LogP contribution in [0.4, 0.5) is 0 Å². The average molecular weight is 130 g/mol. The monoisotopic (exact) mass is 130 g/mol. The van der Waals surface area contributed by atoms with E-state index in [1.54, 1.807) is 6.92 Å². The maximum Gasteiger partial charge on any atom is 0.238 e. The molecule has 4 heteroatoms. The highest BCUT2D eigenvalue weighted by Gasteiger charge is 1.94. The van der Waals surface area contributed by atoms with Gasteiger partial charge in [-0.25, -0.2) is 0 Å². The highest BCUT2D eigenvalue weighted by molar-refractivity contribution is 5.80. The Bertz CT molecular complexity index is 122. The second-order valence-corrected chi connectivity index (χ2v) is 1.58. The van der Waals surface area contributed by atoms with Gasteiger partial charge in [-0.2, -0.15) is 0 Å². The van der Waals surface area contributed by atoms with Crippen molar-refractivity contribution in [2.24, 2.45) is 0 Å². The van der Waals surface area contributed by atoms with Crippen LogP contribution in [0.1, 0.15) is 20.3 Å². The molecule has 4 nitrogen and oxygen atoms in total. The molecule has 0 aliphatic rings. The molecular weight excluding hydrogens is 120 g/mol. The van der Waals surface area contributed by atoms with Gasteiger partial charge in [-0.3, -0.25) is 20.4 Å². The normalized spacial score (nSPS) is 8.22. The molecule has 0 spiro atoms. The van der Waals surface area contributed by atoms with Gasteiger partial charge in [-0.05, 0) is 0 Å². The Morgan fingerprint density at radius 3 is 2.22 bits per heavy atom. The van der Waals surface area contributed by atoms with Crippen molar-refractivity contribution in [3.63, 3.8) is 0 Å². The van der Waals surface area contributed by atoms with Crippen LogP contribution in [-0.2, 0) is 9.59 Å². The summed E-state index contributed by atoms with van der Waals surface area (Å²) in [5.41, 5.74) is 4.35. The maximum atomic E-state index is 10.4. The zero-order valence-corrected chi connectivity index (χ0v) is 5.52. The predicted molar refractivity (Wildman–Crippen MR) is 32.3 cm³/mol. The Balaban J connectivity index is 3.28. The third-order valence-corrected chi connectivity index (χ3v) is 0.699. The van der Waals surface area contributed by atoms with Gasteiger partial charge in [0.1, 0.15) is 0 Å². The van der Waals surface area contributed by atoms with E-state index in [4.69, 9.17) is 0 Å². The zero-order valence-electron chi connectivity index (χ0n) is 5.52. The Morgan fingerprint density at radius 1 is 1.33 bits per heavy atom. The van der Waals surface area contributed by atoms with Crippen LogP contribution in [0.15, 0.2) is 0 Å². The summed E-state index contributed by atoms with van der Waals surface area (Å²) in [6, 6.07) is 0. The van der Waals surface area contributed by atoms with Gasteiger partial charge in [0.2, 0.25) is 11.8 Å². The summed E-state index contributed by atoms with van der Waals surface area (Å²) in [6.45, 7) is 3.03. The maximum absolute atomic E-state index is 10.4. The van der Waals surface area contributed by atoms with E-state index in [9.17, 15) is 9.59 Å². The minimum atomic E-state index is -0.267. The van der Waals surface area contributed by atoms with Crippen LogP contribution in [0.25, 0.3) is 0 Å². The van der Waals surface area contributed by atoms with Crippen LogP contribution in [0.5, 0.6) is 0 Å². The van der Waals surface area contributed by atoms with Crippen LogP contribution in [-0.4, -0.2) is 11.8 Å². The van der Waals surface area contributed by atoms with Crippen LogP contribution in [0.2, 0.25) is 0 Å². The molecule has 9 heavy (non-hydrogen) atoms. The molecule has 0 aliphatic heterocycles. The predicted octanol–water partition coefficient (Wildman–Crippen LogP) is -0.436. The summed E-state index contributed by atoms with van der Waals surface area (Å²) in [7, 11) is 0. The van der Waals surface area contributed by atoms with E-state index in [0.29, 0.717) is 6.42 Å². The lowest BCUT2D eigenvalue weighted by Gasteiger charge is -2.00. The lowest BCUT2D eigenvalue weighted by molar-refractivity contribution is -0.127. The van der Waals surface area contributed by atoms with Gasteiger partial charge >= 0.3 is 0 Å². The summed E-state index contributed by atoms with van der Waals surface area (Å²) < 4.78 is 0. The smallest absolute Gasteiger partial charge is 0.238 e. The van der Waals surface area contributed by atoms with Gasteiger partial charge in [0.15, 0.2) is 0 Å². The van der Waals surface area contributed by atoms with Crippen molar-refractivity contribution in [1.29, 1.82) is 0 Å². The quantitative estimate of drug-likeness (QED) is 0.473.